The van der Waals surface area contributed by atoms with Gasteiger partial charge < -0.3 is 20.7 Å². The standard InChI is InChI=1S/C31H31ClFN3O3S/c1-35-22-11-13-23(14-12-22)36(31(38)29-28(32)27-24(33)4-3-5-26(27)40-29)17-21-16-20(10-15-25(21)39-2)18-6-8-19(9-7-18)30(34)37/h3-10,15-16,22-23,35H,11-14,17H2,1-2H3,(H2,34,37). The van der Waals surface area contributed by atoms with Crippen LogP contribution in [0.5, 0.6) is 5.75 Å². The van der Waals surface area contributed by atoms with Crippen molar-refractivity contribution >= 4 is 44.8 Å². The van der Waals surface area contributed by atoms with Crippen LogP contribution in [-0.2, 0) is 6.54 Å². The minimum atomic E-state index is -0.483. The zero-order valence-electron chi connectivity index (χ0n) is 22.4. The third-order valence-electron chi connectivity index (χ3n) is 7.73. The van der Waals surface area contributed by atoms with E-state index < -0.39 is 11.7 Å². The number of carbonyl (C=O) groups is 2. The van der Waals surface area contributed by atoms with Gasteiger partial charge in [0, 0.05) is 39.8 Å². The lowest BCUT2D eigenvalue weighted by molar-refractivity contribution is 0.0604. The summed E-state index contributed by atoms with van der Waals surface area (Å²) >= 11 is 7.87. The summed E-state index contributed by atoms with van der Waals surface area (Å²) < 4.78 is 21.0. The van der Waals surface area contributed by atoms with Crippen LogP contribution in [0.4, 0.5) is 4.39 Å². The Bertz CT molecular complexity index is 1550. The average molecular weight is 580 g/mol. The van der Waals surface area contributed by atoms with Crippen molar-refractivity contribution in [2.45, 2.75) is 44.3 Å². The molecule has 1 aliphatic carbocycles. The van der Waals surface area contributed by atoms with Crippen LogP contribution in [0.1, 0.15) is 51.3 Å². The molecule has 0 atom stereocenters. The molecule has 0 radical (unpaired) electrons. The highest BCUT2D eigenvalue weighted by atomic mass is 35.5. The Morgan fingerprint density at radius 3 is 2.40 bits per heavy atom. The summed E-state index contributed by atoms with van der Waals surface area (Å²) in [4.78, 5) is 27.9. The molecule has 208 valence electrons. The molecule has 0 saturated heterocycles. The minimum absolute atomic E-state index is 0.00793. The summed E-state index contributed by atoms with van der Waals surface area (Å²) in [6, 6.07) is 18.1. The first kappa shape index (κ1) is 28.1. The molecule has 4 aromatic rings. The van der Waals surface area contributed by atoms with Crippen molar-refractivity contribution in [3.05, 3.63) is 87.5 Å². The number of thiophene rings is 1. The van der Waals surface area contributed by atoms with Crippen LogP contribution in [0.2, 0.25) is 5.02 Å². The van der Waals surface area contributed by atoms with E-state index in [2.05, 4.69) is 5.32 Å². The number of amides is 2. The Labute approximate surface area is 241 Å². The number of nitrogens with two attached hydrogens (primary N) is 1. The van der Waals surface area contributed by atoms with E-state index in [-0.39, 0.29) is 22.4 Å². The summed E-state index contributed by atoms with van der Waals surface area (Å²) in [6.45, 7) is 0.303. The number of nitrogens with zero attached hydrogens (tertiary/aromatic N) is 1. The number of methoxy groups -OCH3 is 1. The molecule has 1 fully saturated rings. The monoisotopic (exact) mass is 579 g/mol. The van der Waals surface area contributed by atoms with Crippen molar-refractivity contribution in [2.24, 2.45) is 5.73 Å². The van der Waals surface area contributed by atoms with Crippen molar-refractivity contribution in [1.29, 1.82) is 0 Å². The van der Waals surface area contributed by atoms with Crippen LogP contribution in [0.15, 0.2) is 60.7 Å². The van der Waals surface area contributed by atoms with Crippen LogP contribution in [0, 0.1) is 5.82 Å². The number of primary amides is 1. The molecule has 0 spiro atoms. The Morgan fingerprint density at radius 1 is 1.07 bits per heavy atom. The van der Waals surface area contributed by atoms with Gasteiger partial charge in [-0.15, -0.1) is 11.3 Å². The summed E-state index contributed by atoms with van der Waals surface area (Å²) in [5.74, 6) is -0.469. The van der Waals surface area contributed by atoms with Crippen LogP contribution in [0.3, 0.4) is 0 Å². The smallest absolute Gasteiger partial charge is 0.266 e. The van der Waals surface area contributed by atoms with Gasteiger partial charge >= 0.3 is 0 Å². The van der Waals surface area contributed by atoms with E-state index in [0.29, 0.717) is 33.5 Å². The highest BCUT2D eigenvalue weighted by molar-refractivity contribution is 7.21. The molecule has 6 nitrogen and oxygen atoms in total. The van der Waals surface area contributed by atoms with Crippen molar-refractivity contribution < 1.29 is 18.7 Å². The number of carbonyl (C=O) groups excluding carboxylic acids is 2. The summed E-state index contributed by atoms with van der Waals surface area (Å²) in [7, 11) is 3.57. The van der Waals surface area contributed by atoms with Crippen molar-refractivity contribution in [1.82, 2.24) is 10.2 Å². The number of rotatable bonds is 8. The summed E-state index contributed by atoms with van der Waals surface area (Å²) in [5.41, 5.74) is 8.50. The molecule has 9 heteroatoms. The third kappa shape index (κ3) is 5.57. The molecule has 0 bridgehead atoms. The fraction of sp³-hybridized carbons (Fsp3) is 0.290. The molecule has 0 aliphatic heterocycles. The molecule has 40 heavy (non-hydrogen) atoms. The van der Waals surface area contributed by atoms with Crippen molar-refractivity contribution in [2.75, 3.05) is 14.2 Å². The molecule has 3 aromatic carbocycles. The number of halogens is 2. The van der Waals surface area contributed by atoms with E-state index in [9.17, 15) is 14.0 Å². The molecule has 1 aromatic heterocycles. The molecule has 3 N–H and O–H groups in total. The number of benzene rings is 3. The lowest BCUT2D eigenvalue weighted by atomic mass is 9.89. The van der Waals surface area contributed by atoms with Gasteiger partial charge in [0.2, 0.25) is 5.91 Å². The maximum absolute atomic E-state index is 14.6. The maximum Gasteiger partial charge on any atom is 0.266 e. The van der Waals surface area contributed by atoms with Gasteiger partial charge in [-0.05, 0) is 80.3 Å². The Morgan fingerprint density at radius 2 is 1.77 bits per heavy atom. The summed E-state index contributed by atoms with van der Waals surface area (Å²) in [6.07, 6.45) is 3.57. The predicted molar refractivity (Wildman–Crippen MR) is 159 cm³/mol. The number of nitrogens with one attached hydrogen (secondary N) is 1. The highest BCUT2D eigenvalue weighted by Gasteiger charge is 2.32. The Kier molecular flexibility index (Phi) is 8.40. The zero-order valence-corrected chi connectivity index (χ0v) is 23.9. The van der Waals surface area contributed by atoms with Gasteiger partial charge in [0.05, 0.1) is 12.1 Å². The van der Waals surface area contributed by atoms with Crippen molar-refractivity contribution in [3.8, 4) is 16.9 Å². The first-order valence-corrected chi connectivity index (χ1v) is 14.4. The predicted octanol–water partition coefficient (Wildman–Crippen LogP) is 6.64. The maximum atomic E-state index is 14.6. The van der Waals surface area contributed by atoms with E-state index in [4.69, 9.17) is 22.1 Å². The fourth-order valence-corrected chi connectivity index (χ4v) is 6.98. The lowest BCUT2D eigenvalue weighted by Gasteiger charge is -2.37. The van der Waals surface area contributed by atoms with E-state index in [1.807, 2.05) is 42.3 Å². The Hall–Kier alpha value is -3.46. The number of hydrogen-bond acceptors (Lipinski definition) is 5. The highest BCUT2D eigenvalue weighted by Crippen LogP contribution is 2.39. The molecule has 0 unspecified atom stereocenters. The molecule has 1 saturated carbocycles. The average Bonchev–Trinajstić information content (AvgIpc) is 3.32. The van der Waals surface area contributed by atoms with Crippen LogP contribution in [0.25, 0.3) is 21.2 Å². The second-order valence-electron chi connectivity index (χ2n) is 10.1. The van der Waals surface area contributed by atoms with E-state index in [1.54, 1.807) is 31.4 Å². The van der Waals surface area contributed by atoms with E-state index >= 15 is 0 Å². The molecule has 1 heterocycles. The fourth-order valence-electron chi connectivity index (χ4n) is 5.47. The number of hydrogen-bond donors (Lipinski definition) is 2. The molecule has 1 aliphatic rings. The third-order valence-corrected chi connectivity index (χ3v) is 9.36. The van der Waals surface area contributed by atoms with Gasteiger partial charge in [-0.1, -0.05) is 35.9 Å². The second kappa shape index (κ2) is 12.0. The number of fused-ring (bicyclic) bond motifs is 1. The van der Waals surface area contributed by atoms with Crippen molar-refractivity contribution in [3.63, 3.8) is 0 Å². The topological polar surface area (TPSA) is 84.7 Å². The SMILES string of the molecule is CNC1CCC(N(Cc2cc(-c3ccc(C(N)=O)cc3)ccc2OC)C(=O)c2sc3cccc(F)c3c2Cl)CC1. The number of ether oxygens (including phenoxy) is 1. The van der Waals surface area contributed by atoms with Crippen LogP contribution < -0.4 is 15.8 Å². The lowest BCUT2D eigenvalue weighted by Crippen LogP contribution is -2.44. The molecular formula is C31H31ClFN3O3S. The molecular weight excluding hydrogens is 549 g/mol. The second-order valence-corrected chi connectivity index (χ2v) is 11.5. The first-order valence-electron chi connectivity index (χ1n) is 13.2. The van der Waals surface area contributed by atoms with E-state index in [0.717, 1.165) is 42.4 Å². The Balaban J connectivity index is 1.53. The first-order chi connectivity index (χ1) is 19.3. The van der Waals surface area contributed by atoms with Crippen LogP contribution in [-0.4, -0.2) is 43.0 Å². The van der Waals surface area contributed by atoms with Crippen LogP contribution >= 0.6 is 22.9 Å². The molecule has 5 rings (SSSR count). The summed E-state index contributed by atoms with van der Waals surface area (Å²) in [5, 5.41) is 3.80. The largest absolute Gasteiger partial charge is 0.496 e. The van der Waals surface area contributed by atoms with Gasteiger partial charge in [-0.25, -0.2) is 4.39 Å². The quantitative estimate of drug-likeness (QED) is 0.245. The van der Waals surface area contributed by atoms with Gasteiger partial charge in [0.15, 0.2) is 0 Å². The zero-order chi connectivity index (χ0) is 28.4. The minimum Gasteiger partial charge on any atom is -0.496 e. The van der Waals surface area contributed by atoms with Gasteiger partial charge in [-0.3, -0.25) is 9.59 Å². The van der Waals surface area contributed by atoms with E-state index in [1.165, 1.54) is 17.4 Å². The molecule has 2 amide bonds. The van der Waals surface area contributed by atoms with Gasteiger partial charge in [0.25, 0.3) is 5.91 Å². The van der Waals surface area contributed by atoms with Gasteiger partial charge in [0.1, 0.15) is 16.4 Å². The normalized spacial score (nSPS) is 17.1. The van der Waals surface area contributed by atoms with Gasteiger partial charge in [-0.2, -0.15) is 0 Å².